The largest absolute Gasteiger partial charge is 0.491 e. The van der Waals surface area contributed by atoms with Gasteiger partial charge in [0.15, 0.2) is 5.82 Å². The summed E-state index contributed by atoms with van der Waals surface area (Å²) in [7, 11) is 0. The topological polar surface area (TPSA) is 71.2 Å². The molecule has 34 heavy (non-hydrogen) atoms. The minimum absolute atomic E-state index is 0.190. The summed E-state index contributed by atoms with van der Waals surface area (Å²) >= 11 is 0. The van der Waals surface area contributed by atoms with Gasteiger partial charge in [-0.1, -0.05) is 12.1 Å². The van der Waals surface area contributed by atoms with Crippen LogP contribution in [0, 0.1) is 11.3 Å². The molecule has 3 heterocycles. The molecule has 0 fully saturated rings. The minimum Gasteiger partial charge on any atom is -0.491 e. The number of carbonyl (C=O) groups is 1. The lowest BCUT2D eigenvalue weighted by atomic mass is 10.1. The van der Waals surface area contributed by atoms with Gasteiger partial charge in [-0.25, -0.2) is 4.98 Å². The Balaban J connectivity index is 1.90. The number of hydrogen-bond donors (Lipinski definition) is 0. The van der Waals surface area contributed by atoms with Crippen molar-refractivity contribution in [3.05, 3.63) is 71.2 Å². The number of aromatic nitrogens is 2. The molecule has 1 aliphatic rings. The third kappa shape index (κ3) is 4.16. The Morgan fingerprint density at radius 3 is 2.47 bits per heavy atom. The van der Waals surface area contributed by atoms with Crippen LogP contribution in [0.3, 0.4) is 0 Å². The Labute approximate surface area is 188 Å². The molecule has 0 radical (unpaired) electrons. The monoisotopic (exact) mass is 480 g/mol. The Bertz CT molecular complexity index is 1290. The Morgan fingerprint density at radius 2 is 1.79 bits per heavy atom. The van der Waals surface area contributed by atoms with Crippen LogP contribution in [-0.4, -0.2) is 28.6 Å². The van der Waals surface area contributed by atoms with Gasteiger partial charge in [0.25, 0.3) is 5.91 Å². The molecular formula is C22H14F6N4O2. The van der Waals surface area contributed by atoms with Crippen molar-refractivity contribution < 1.29 is 35.9 Å². The van der Waals surface area contributed by atoms with Gasteiger partial charge in [-0.2, -0.15) is 31.6 Å². The van der Waals surface area contributed by atoms with E-state index in [4.69, 9.17) is 4.74 Å². The van der Waals surface area contributed by atoms with E-state index in [0.29, 0.717) is 24.5 Å². The molecule has 0 atom stereocenters. The predicted molar refractivity (Wildman–Crippen MR) is 107 cm³/mol. The van der Waals surface area contributed by atoms with Crippen LogP contribution in [0.1, 0.15) is 33.7 Å². The van der Waals surface area contributed by atoms with Gasteiger partial charge in [0, 0.05) is 12.7 Å². The van der Waals surface area contributed by atoms with Crippen LogP contribution in [0.15, 0.2) is 48.7 Å². The highest BCUT2D eigenvalue weighted by molar-refractivity contribution is 6.06. The average molecular weight is 480 g/mol. The zero-order valence-corrected chi connectivity index (χ0v) is 17.1. The molecule has 0 saturated carbocycles. The molecule has 1 aliphatic heterocycles. The Kier molecular flexibility index (Phi) is 5.72. The molecule has 0 bridgehead atoms. The van der Waals surface area contributed by atoms with E-state index in [2.05, 4.69) is 4.98 Å². The number of nitrogens with zero attached hydrogens (tertiary/aromatic N) is 4. The molecule has 0 spiro atoms. The first-order valence-corrected chi connectivity index (χ1v) is 9.83. The maximum Gasteiger partial charge on any atom is 0.433 e. The molecule has 0 aliphatic carbocycles. The molecule has 2 aromatic heterocycles. The van der Waals surface area contributed by atoms with Crippen molar-refractivity contribution in [2.24, 2.45) is 0 Å². The maximum absolute atomic E-state index is 13.5. The minimum atomic E-state index is -5.26. The van der Waals surface area contributed by atoms with Gasteiger partial charge in [0.05, 0.1) is 17.9 Å². The van der Waals surface area contributed by atoms with Crippen molar-refractivity contribution in [3.63, 3.8) is 0 Å². The van der Waals surface area contributed by atoms with Gasteiger partial charge in [-0.15, -0.1) is 0 Å². The molecule has 12 heteroatoms. The van der Waals surface area contributed by atoms with E-state index in [9.17, 15) is 36.4 Å². The molecule has 176 valence electrons. The van der Waals surface area contributed by atoms with Gasteiger partial charge in [0.2, 0.25) is 0 Å². The second kappa shape index (κ2) is 8.40. The third-order valence-corrected chi connectivity index (χ3v) is 5.09. The van der Waals surface area contributed by atoms with Gasteiger partial charge in [-0.05, 0) is 36.8 Å². The fourth-order valence-corrected chi connectivity index (χ4v) is 3.60. The van der Waals surface area contributed by atoms with E-state index in [1.54, 1.807) is 24.3 Å². The zero-order chi connectivity index (χ0) is 24.7. The van der Waals surface area contributed by atoms with E-state index in [1.807, 2.05) is 0 Å². The smallest absolute Gasteiger partial charge is 0.433 e. The molecule has 3 aromatic rings. The van der Waals surface area contributed by atoms with E-state index in [0.717, 1.165) is 10.8 Å². The number of hydrogen-bond acceptors (Lipinski definition) is 4. The van der Waals surface area contributed by atoms with E-state index in [1.165, 1.54) is 23.1 Å². The van der Waals surface area contributed by atoms with Crippen molar-refractivity contribution in [1.82, 2.24) is 9.55 Å². The van der Waals surface area contributed by atoms with Crippen molar-refractivity contribution >= 4 is 11.6 Å². The van der Waals surface area contributed by atoms with Crippen LogP contribution in [0.4, 0.5) is 32.0 Å². The molecule has 0 unspecified atom stereocenters. The molecule has 0 saturated heterocycles. The number of halogens is 6. The second-order valence-electron chi connectivity index (χ2n) is 7.25. The summed E-state index contributed by atoms with van der Waals surface area (Å²) in [5.74, 6) is -1.25. The number of nitriles is 1. The molecule has 4 rings (SSSR count). The summed E-state index contributed by atoms with van der Waals surface area (Å²) in [6.45, 7) is 0.500. The number of fused-ring (bicyclic) bond motifs is 1. The van der Waals surface area contributed by atoms with Crippen LogP contribution < -0.4 is 9.64 Å². The van der Waals surface area contributed by atoms with Crippen LogP contribution in [0.25, 0.3) is 5.82 Å². The first-order valence-electron chi connectivity index (χ1n) is 9.83. The fourth-order valence-electron chi connectivity index (χ4n) is 3.60. The van der Waals surface area contributed by atoms with Crippen LogP contribution in [-0.2, 0) is 12.4 Å². The van der Waals surface area contributed by atoms with Crippen molar-refractivity contribution in [3.8, 4) is 17.6 Å². The maximum atomic E-state index is 13.5. The number of anilines is 1. The normalized spacial score (nSPS) is 14.1. The quantitative estimate of drug-likeness (QED) is 0.472. The lowest BCUT2D eigenvalue weighted by molar-refractivity contribution is -0.145. The summed E-state index contributed by atoms with van der Waals surface area (Å²) in [6, 6.07) is 10.2. The molecular weight excluding hydrogens is 466 g/mol. The standard InChI is InChI=1S/C22H14F6N4O2/c23-21(24,25)14-11-18(22(26,27)28)30-19(13(14)12-29)31-8-3-6-16(31)20(33)32-9-4-10-34-17-7-2-1-5-15(17)32/h1-3,5-8,11H,4,9-10H2. The van der Waals surface area contributed by atoms with Crippen molar-refractivity contribution in [1.29, 1.82) is 5.26 Å². The lowest BCUT2D eigenvalue weighted by Gasteiger charge is -2.23. The summed E-state index contributed by atoms with van der Waals surface area (Å²) < 4.78 is 87.1. The highest BCUT2D eigenvalue weighted by Crippen LogP contribution is 2.39. The fraction of sp³-hybridized carbons (Fsp3) is 0.227. The second-order valence-corrected chi connectivity index (χ2v) is 7.25. The van der Waals surface area contributed by atoms with E-state index >= 15 is 0 Å². The van der Waals surface area contributed by atoms with Gasteiger partial charge in [-0.3, -0.25) is 9.36 Å². The number of para-hydroxylation sites is 2. The SMILES string of the molecule is N#Cc1c(C(F)(F)F)cc(C(F)(F)F)nc1-n1cccc1C(=O)N1CCCOc2ccccc21. The summed E-state index contributed by atoms with van der Waals surface area (Å²) in [5.41, 5.74) is -4.65. The predicted octanol–water partition coefficient (Wildman–Crippen LogP) is 5.21. The highest BCUT2D eigenvalue weighted by atomic mass is 19.4. The lowest BCUT2D eigenvalue weighted by Crippen LogP contribution is -2.33. The van der Waals surface area contributed by atoms with Crippen LogP contribution in [0.5, 0.6) is 5.75 Å². The molecule has 1 amide bonds. The van der Waals surface area contributed by atoms with Crippen molar-refractivity contribution in [2.45, 2.75) is 18.8 Å². The summed E-state index contributed by atoms with van der Waals surface area (Å²) in [6.07, 6.45) is -8.97. The van der Waals surface area contributed by atoms with Gasteiger partial charge < -0.3 is 9.64 Å². The number of rotatable bonds is 2. The van der Waals surface area contributed by atoms with E-state index in [-0.39, 0.29) is 18.3 Å². The van der Waals surface area contributed by atoms with Crippen LogP contribution >= 0.6 is 0 Å². The summed E-state index contributed by atoms with van der Waals surface area (Å²) in [4.78, 5) is 18.0. The van der Waals surface area contributed by atoms with Gasteiger partial charge >= 0.3 is 12.4 Å². The zero-order valence-electron chi connectivity index (χ0n) is 17.1. The molecule has 1 aromatic carbocycles. The number of alkyl halides is 6. The Hall–Kier alpha value is -4.01. The first-order chi connectivity index (χ1) is 16.0. The Morgan fingerprint density at radius 1 is 1.06 bits per heavy atom. The first kappa shape index (κ1) is 23.2. The number of pyridine rings is 1. The van der Waals surface area contributed by atoms with Gasteiger partial charge in [0.1, 0.15) is 28.8 Å². The number of carbonyl (C=O) groups excluding carboxylic acids is 1. The molecule has 6 nitrogen and oxygen atoms in total. The van der Waals surface area contributed by atoms with Crippen molar-refractivity contribution in [2.75, 3.05) is 18.1 Å². The summed E-state index contributed by atoms with van der Waals surface area (Å²) in [5, 5.41) is 9.40. The number of amides is 1. The number of ether oxygens (including phenoxy) is 1. The average Bonchev–Trinajstić information content (AvgIpc) is 3.16. The van der Waals surface area contributed by atoms with E-state index < -0.39 is 40.9 Å². The highest BCUT2D eigenvalue weighted by Gasteiger charge is 2.41. The molecule has 0 N–H and O–H groups in total. The number of benzene rings is 1. The third-order valence-electron chi connectivity index (χ3n) is 5.09. The van der Waals surface area contributed by atoms with Crippen LogP contribution in [0.2, 0.25) is 0 Å².